The molecule has 1 fully saturated rings. The number of pyridine rings is 1. The van der Waals surface area contributed by atoms with Gasteiger partial charge in [0.25, 0.3) is 0 Å². The number of aromatic nitrogens is 1. The van der Waals surface area contributed by atoms with Gasteiger partial charge in [0.15, 0.2) is 0 Å². The molecule has 0 amide bonds. The second-order valence-electron chi connectivity index (χ2n) is 4.89. The summed E-state index contributed by atoms with van der Waals surface area (Å²) in [6.07, 6.45) is 1.78. The molecule has 3 nitrogen and oxygen atoms in total. The molecular formula is C13H20ClN3. The average molecular weight is 254 g/mol. The van der Waals surface area contributed by atoms with Crippen molar-refractivity contribution in [1.29, 1.82) is 0 Å². The molecule has 2 rings (SSSR count). The maximum atomic E-state index is 5.89. The monoisotopic (exact) mass is 253 g/mol. The molecule has 0 spiro atoms. The van der Waals surface area contributed by atoms with E-state index in [1.165, 1.54) is 5.56 Å². The summed E-state index contributed by atoms with van der Waals surface area (Å²) in [7, 11) is 0. The van der Waals surface area contributed by atoms with E-state index in [0.717, 1.165) is 32.7 Å². The highest BCUT2D eigenvalue weighted by molar-refractivity contribution is 6.29. The van der Waals surface area contributed by atoms with E-state index >= 15 is 0 Å². The van der Waals surface area contributed by atoms with Crippen molar-refractivity contribution in [3.8, 4) is 0 Å². The van der Waals surface area contributed by atoms with E-state index in [-0.39, 0.29) is 0 Å². The van der Waals surface area contributed by atoms with E-state index in [1.54, 1.807) is 6.20 Å². The largest absolute Gasteiger partial charge is 0.298 e. The van der Waals surface area contributed by atoms with Crippen LogP contribution in [0.3, 0.4) is 0 Å². The Kier molecular flexibility index (Phi) is 4.37. The molecule has 0 saturated carbocycles. The molecule has 0 unspecified atom stereocenters. The molecule has 17 heavy (non-hydrogen) atoms. The molecule has 1 aromatic rings. The first-order chi connectivity index (χ1) is 8.15. The van der Waals surface area contributed by atoms with Gasteiger partial charge in [0.05, 0.1) is 0 Å². The first kappa shape index (κ1) is 12.8. The van der Waals surface area contributed by atoms with Crippen molar-refractivity contribution in [2.45, 2.75) is 26.4 Å². The number of rotatable bonds is 3. The zero-order valence-corrected chi connectivity index (χ0v) is 11.3. The van der Waals surface area contributed by atoms with Gasteiger partial charge < -0.3 is 0 Å². The predicted molar refractivity (Wildman–Crippen MR) is 71.2 cm³/mol. The maximum absolute atomic E-state index is 5.89. The smallest absolute Gasteiger partial charge is 0.129 e. The summed E-state index contributed by atoms with van der Waals surface area (Å²) in [6, 6.07) is 4.66. The lowest BCUT2D eigenvalue weighted by Gasteiger charge is -2.36. The summed E-state index contributed by atoms with van der Waals surface area (Å²) in [6.45, 7) is 10.1. The van der Waals surface area contributed by atoms with Crippen LogP contribution in [0.2, 0.25) is 5.15 Å². The van der Waals surface area contributed by atoms with Gasteiger partial charge >= 0.3 is 0 Å². The molecule has 4 heteroatoms. The number of halogens is 1. The van der Waals surface area contributed by atoms with Crippen molar-refractivity contribution in [2.75, 3.05) is 26.2 Å². The number of nitrogens with zero attached hydrogens (tertiary/aromatic N) is 3. The van der Waals surface area contributed by atoms with Gasteiger partial charge in [0.2, 0.25) is 0 Å². The Morgan fingerprint density at radius 3 is 2.59 bits per heavy atom. The van der Waals surface area contributed by atoms with Crippen LogP contribution in [0, 0.1) is 0 Å². The van der Waals surface area contributed by atoms with Crippen LogP contribution in [0.5, 0.6) is 0 Å². The summed E-state index contributed by atoms with van der Waals surface area (Å²) >= 11 is 5.89. The molecule has 94 valence electrons. The first-order valence-corrected chi connectivity index (χ1v) is 6.60. The van der Waals surface area contributed by atoms with E-state index in [1.807, 2.05) is 12.1 Å². The zero-order valence-electron chi connectivity index (χ0n) is 10.6. The summed E-state index contributed by atoms with van der Waals surface area (Å²) in [5.41, 5.74) is 1.25. The zero-order chi connectivity index (χ0) is 12.3. The van der Waals surface area contributed by atoms with Crippen molar-refractivity contribution >= 4 is 11.6 Å². The van der Waals surface area contributed by atoms with Crippen LogP contribution in [0.15, 0.2) is 18.3 Å². The van der Waals surface area contributed by atoms with Crippen molar-refractivity contribution in [3.63, 3.8) is 0 Å². The average Bonchev–Trinajstić information content (AvgIpc) is 2.29. The van der Waals surface area contributed by atoms with Gasteiger partial charge in [-0.25, -0.2) is 4.98 Å². The fourth-order valence-electron chi connectivity index (χ4n) is 2.24. The molecule has 0 atom stereocenters. The SMILES string of the molecule is CC(C)N1CCN(Cc2ccnc(Cl)c2)CC1. The van der Waals surface area contributed by atoms with Crippen molar-refractivity contribution < 1.29 is 0 Å². The van der Waals surface area contributed by atoms with Crippen molar-refractivity contribution in [3.05, 3.63) is 29.0 Å². The van der Waals surface area contributed by atoms with E-state index in [2.05, 4.69) is 28.6 Å². The van der Waals surface area contributed by atoms with E-state index in [9.17, 15) is 0 Å². The first-order valence-electron chi connectivity index (χ1n) is 6.22. The molecule has 1 saturated heterocycles. The van der Waals surface area contributed by atoms with Crippen LogP contribution >= 0.6 is 11.6 Å². The van der Waals surface area contributed by atoms with Crippen molar-refractivity contribution in [2.24, 2.45) is 0 Å². The van der Waals surface area contributed by atoms with Crippen LogP contribution in [0.25, 0.3) is 0 Å². The molecule has 0 N–H and O–H groups in total. The Morgan fingerprint density at radius 2 is 2.00 bits per heavy atom. The fourth-order valence-corrected chi connectivity index (χ4v) is 2.43. The molecule has 0 radical (unpaired) electrons. The molecule has 0 aromatic carbocycles. The van der Waals surface area contributed by atoms with Gasteiger partial charge in [-0.05, 0) is 31.5 Å². The second-order valence-corrected chi connectivity index (χ2v) is 5.28. The van der Waals surface area contributed by atoms with Gasteiger partial charge in [-0.15, -0.1) is 0 Å². The topological polar surface area (TPSA) is 19.4 Å². The Hall–Kier alpha value is -0.640. The van der Waals surface area contributed by atoms with Gasteiger partial charge in [0.1, 0.15) is 5.15 Å². The quantitative estimate of drug-likeness (QED) is 0.771. The standard InChI is InChI=1S/C13H20ClN3/c1-11(2)17-7-5-16(6-8-17)10-12-3-4-15-13(14)9-12/h3-4,9,11H,5-8,10H2,1-2H3. The summed E-state index contributed by atoms with van der Waals surface area (Å²) in [5, 5.41) is 0.586. The van der Waals surface area contributed by atoms with Crippen LogP contribution in [0.1, 0.15) is 19.4 Å². The van der Waals surface area contributed by atoms with Crippen LogP contribution < -0.4 is 0 Å². The highest BCUT2D eigenvalue weighted by atomic mass is 35.5. The highest BCUT2D eigenvalue weighted by Gasteiger charge is 2.18. The number of piperazine rings is 1. The highest BCUT2D eigenvalue weighted by Crippen LogP contribution is 2.12. The van der Waals surface area contributed by atoms with Crippen LogP contribution in [-0.4, -0.2) is 47.0 Å². The van der Waals surface area contributed by atoms with Gasteiger partial charge in [-0.1, -0.05) is 11.6 Å². The van der Waals surface area contributed by atoms with E-state index < -0.39 is 0 Å². The molecule has 1 aliphatic rings. The Labute approximate surface area is 108 Å². The Balaban J connectivity index is 1.86. The third kappa shape index (κ3) is 3.66. The van der Waals surface area contributed by atoms with Gasteiger partial charge in [-0.3, -0.25) is 9.80 Å². The normalized spacial score (nSPS) is 18.8. The Morgan fingerprint density at radius 1 is 1.29 bits per heavy atom. The van der Waals surface area contributed by atoms with Crippen LogP contribution in [-0.2, 0) is 6.54 Å². The predicted octanol–water partition coefficient (Wildman–Crippen LogP) is 2.26. The molecule has 0 bridgehead atoms. The minimum atomic E-state index is 0.586. The number of hydrogen-bond donors (Lipinski definition) is 0. The molecule has 1 aromatic heterocycles. The second kappa shape index (κ2) is 5.80. The third-order valence-electron chi connectivity index (χ3n) is 3.33. The van der Waals surface area contributed by atoms with E-state index in [0.29, 0.717) is 11.2 Å². The summed E-state index contributed by atoms with van der Waals surface area (Å²) in [5.74, 6) is 0. The minimum Gasteiger partial charge on any atom is -0.298 e. The minimum absolute atomic E-state index is 0.586. The lowest BCUT2D eigenvalue weighted by molar-refractivity contribution is 0.104. The van der Waals surface area contributed by atoms with E-state index in [4.69, 9.17) is 11.6 Å². The number of hydrogen-bond acceptors (Lipinski definition) is 3. The maximum Gasteiger partial charge on any atom is 0.129 e. The molecular weight excluding hydrogens is 234 g/mol. The van der Waals surface area contributed by atoms with Crippen molar-refractivity contribution in [1.82, 2.24) is 14.8 Å². The molecule has 2 heterocycles. The lowest BCUT2D eigenvalue weighted by Crippen LogP contribution is -2.48. The molecule has 0 aliphatic carbocycles. The van der Waals surface area contributed by atoms with Gasteiger partial charge in [-0.2, -0.15) is 0 Å². The van der Waals surface area contributed by atoms with Crippen LogP contribution in [0.4, 0.5) is 0 Å². The summed E-state index contributed by atoms with van der Waals surface area (Å²) < 4.78 is 0. The Bertz CT molecular complexity index is 359. The summed E-state index contributed by atoms with van der Waals surface area (Å²) in [4.78, 5) is 9.01. The fraction of sp³-hybridized carbons (Fsp3) is 0.615. The third-order valence-corrected chi connectivity index (χ3v) is 3.54. The van der Waals surface area contributed by atoms with Gasteiger partial charge in [0, 0.05) is 45.0 Å². The lowest BCUT2D eigenvalue weighted by atomic mass is 10.2. The molecule has 1 aliphatic heterocycles.